The monoisotopic (exact) mass is 514 g/mol. The Bertz CT molecular complexity index is 1080. The summed E-state index contributed by atoms with van der Waals surface area (Å²) in [4.78, 5) is 29.4. The zero-order valence-corrected chi connectivity index (χ0v) is 21.4. The van der Waals surface area contributed by atoms with Gasteiger partial charge in [-0.1, -0.05) is 65.7 Å². The van der Waals surface area contributed by atoms with Gasteiger partial charge in [-0.25, -0.2) is 0 Å². The van der Waals surface area contributed by atoms with Crippen molar-refractivity contribution in [2.45, 2.75) is 37.2 Å². The Balaban J connectivity index is 1.81. The van der Waals surface area contributed by atoms with Gasteiger partial charge in [0.15, 0.2) is 0 Å². The van der Waals surface area contributed by atoms with Crippen LogP contribution in [0.5, 0.6) is 0 Å². The molecule has 178 valence electrons. The summed E-state index contributed by atoms with van der Waals surface area (Å²) in [7, 11) is 0. The molecule has 0 aromatic heterocycles. The zero-order valence-electron chi connectivity index (χ0n) is 19.0. The fraction of sp³-hybridized carbons (Fsp3) is 0.259. The van der Waals surface area contributed by atoms with Gasteiger partial charge >= 0.3 is 0 Å². The molecule has 4 nitrogen and oxygen atoms in total. The third kappa shape index (κ3) is 8.08. The standard InChI is InChI=1S/C27H28Cl2N2O2S/c1-2-30-27(33)25(18-20-7-4-3-5-8-20)31(19-21-9-6-10-23(29)17-21)26(32)15-16-34-24-13-11-22(28)12-14-24/h3-14,17,25H,2,15-16,18-19H2,1H3,(H,30,33)/t25-/m0/s1. The predicted octanol–water partition coefficient (Wildman–Crippen LogP) is 6.25. The molecule has 2 amide bonds. The maximum Gasteiger partial charge on any atom is 0.243 e. The van der Waals surface area contributed by atoms with Crippen LogP contribution in [-0.4, -0.2) is 35.1 Å². The van der Waals surface area contributed by atoms with E-state index in [1.807, 2.05) is 79.7 Å². The summed E-state index contributed by atoms with van der Waals surface area (Å²) in [5.41, 5.74) is 1.88. The summed E-state index contributed by atoms with van der Waals surface area (Å²) < 4.78 is 0. The Morgan fingerprint density at radius 2 is 1.62 bits per heavy atom. The van der Waals surface area contributed by atoms with Crippen LogP contribution in [0.1, 0.15) is 24.5 Å². The van der Waals surface area contributed by atoms with Crippen LogP contribution in [0.25, 0.3) is 0 Å². The van der Waals surface area contributed by atoms with Crippen molar-refractivity contribution in [3.05, 3.63) is 100 Å². The first-order chi connectivity index (χ1) is 16.5. The molecule has 0 saturated carbocycles. The van der Waals surface area contributed by atoms with Gasteiger partial charge in [0.1, 0.15) is 6.04 Å². The molecular formula is C27H28Cl2N2O2S. The molecule has 0 bridgehead atoms. The fourth-order valence-corrected chi connectivity index (χ4v) is 4.79. The average molecular weight is 516 g/mol. The normalized spacial score (nSPS) is 11.6. The lowest BCUT2D eigenvalue weighted by molar-refractivity contribution is -0.140. The molecule has 0 spiro atoms. The first-order valence-corrected chi connectivity index (χ1v) is 12.9. The highest BCUT2D eigenvalue weighted by molar-refractivity contribution is 7.99. The molecule has 0 unspecified atom stereocenters. The summed E-state index contributed by atoms with van der Waals surface area (Å²) in [6.07, 6.45) is 0.738. The number of amides is 2. The van der Waals surface area contributed by atoms with Crippen molar-refractivity contribution >= 4 is 46.8 Å². The second kappa shape index (κ2) is 13.4. The van der Waals surface area contributed by atoms with Gasteiger partial charge in [0.2, 0.25) is 11.8 Å². The minimum Gasteiger partial charge on any atom is -0.355 e. The third-order valence-corrected chi connectivity index (χ3v) is 6.76. The largest absolute Gasteiger partial charge is 0.355 e. The van der Waals surface area contributed by atoms with Gasteiger partial charge in [-0.2, -0.15) is 0 Å². The van der Waals surface area contributed by atoms with E-state index < -0.39 is 6.04 Å². The first kappa shape index (κ1) is 26.1. The lowest BCUT2D eigenvalue weighted by Crippen LogP contribution is -2.50. The van der Waals surface area contributed by atoms with Gasteiger partial charge in [-0.3, -0.25) is 9.59 Å². The second-order valence-corrected chi connectivity index (χ2v) is 9.85. The van der Waals surface area contributed by atoms with Crippen molar-refractivity contribution in [2.24, 2.45) is 0 Å². The molecule has 3 rings (SSSR count). The summed E-state index contributed by atoms with van der Waals surface area (Å²) in [6, 6.07) is 24.1. The minimum atomic E-state index is -0.630. The number of nitrogens with zero attached hydrogens (tertiary/aromatic N) is 1. The molecule has 1 atom stereocenters. The maximum atomic E-state index is 13.5. The van der Waals surface area contributed by atoms with Gasteiger partial charge in [-0.05, 0) is 54.4 Å². The smallest absolute Gasteiger partial charge is 0.243 e. The van der Waals surface area contributed by atoms with Crippen LogP contribution in [0.15, 0.2) is 83.8 Å². The molecule has 0 aliphatic rings. The van der Waals surface area contributed by atoms with E-state index in [1.54, 1.807) is 22.7 Å². The van der Waals surface area contributed by atoms with Gasteiger partial charge in [0.05, 0.1) is 0 Å². The number of hydrogen-bond donors (Lipinski definition) is 1. The number of nitrogens with one attached hydrogen (secondary N) is 1. The van der Waals surface area contributed by atoms with Crippen molar-refractivity contribution in [3.63, 3.8) is 0 Å². The van der Waals surface area contributed by atoms with Crippen LogP contribution in [-0.2, 0) is 22.6 Å². The van der Waals surface area contributed by atoms with Crippen LogP contribution in [0.4, 0.5) is 0 Å². The van der Waals surface area contributed by atoms with Gasteiger partial charge < -0.3 is 10.2 Å². The van der Waals surface area contributed by atoms with E-state index in [9.17, 15) is 9.59 Å². The van der Waals surface area contributed by atoms with Crippen molar-refractivity contribution in [1.29, 1.82) is 0 Å². The van der Waals surface area contributed by atoms with Gasteiger partial charge in [-0.15, -0.1) is 11.8 Å². The number of likely N-dealkylation sites (N-methyl/N-ethyl adjacent to an activating group) is 1. The lowest BCUT2D eigenvalue weighted by Gasteiger charge is -2.31. The van der Waals surface area contributed by atoms with Crippen molar-refractivity contribution in [2.75, 3.05) is 12.3 Å². The van der Waals surface area contributed by atoms with Crippen LogP contribution < -0.4 is 5.32 Å². The van der Waals surface area contributed by atoms with Crippen LogP contribution in [0, 0.1) is 0 Å². The van der Waals surface area contributed by atoms with Crippen molar-refractivity contribution in [1.82, 2.24) is 10.2 Å². The van der Waals surface area contributed by atoms with E-state index in [0.717, 1.165) is 16.0 Å². The Morgan fingerprint density at radius 1 is 0.912 bits per heavy atom. The predicted molar refractivity (Wildman–Crippen MR) is 141 cm³/mol. The fourth-order valence-electron chi connectivity index (χ4n) is 3.61. The minimum absolute atomic E-state index is 0.0753. The summed E-state index contributed by atoms with van der Waals surface area (Å²) in [6.45, 7) is 2.68. The molecule has 0 fully saturated rings. The molecule has 0 saturated heterocycles. The number of carbonyl (C=O) groups is 2. The number of halogens is 2. The molecular weight excluding hydrogens is 487 g/mol. The Labute approximate surface area is 215 Å². The Hall–Kier alpha value is -2.47. The summed E-state index contributed by atoms with van der Waals surface area (Å²) in [5.74, 6) is 0.362. The van der Waals surface area contributed by atoms with E-state index in [1.165, 1.54) is 0 Å². The Morgan fingerprint density at radius 3 is 2.29 bits per heavy atom. The van der Waals surface area contributed by atoms with Crippen LogP contribution in [0.3, 0.4) is 0 Å². The highest BCUT2D eigenvalue weighted by Crippen LogP contribution is 2.23. The zero-order chi connectivity index (χ0) is 24.3. The van der Waals surface area contributed by atoms with Gasteiger partial charge in [0.25, 0.3) is 0 Å². The lowest BCUT2D eigenvalue weighted by atomic mass is 10.0. The van der Waals surface area contributed by atoms with Crippen molar-refractivity contribution in [3.8, 4) is 0 Å². The molecule has 34 heavy (non-hydrogen) atoms. The molecule has 0 aliphatic carbocycles. The van der Waals surface area contributed by atoms with Crippen LogP contribution in [0.2, 0.25) is 10.0 Å². The number of benzene rings is 3. The first-order valence-electron chi connectivity index (χ1n) is 11.2. The molecule has 0 radical (unpaired) electrons. The molecule has 3 aromatic rings. The highest BCUT2D eigenvalue weighted by Gasteiger charge is 2.29. The Kier molecular flexibility index (Phi) is 10.3. The van der Waals surface area contributed by atoms with Crippen molar-refractivity contribution < 1.29 is 9.59 Å². The molecule has 0 aliphatic heterocycles. The highest BCUT2D eigenvalue weighted by atomic mass is 35.5. The number of thioether (sulfide) groups is 1. The van der Waals surface area contributed by atoms with E-state index in [-0.39, 0.29) is 11.8 Å². The quantitative estimate of drug-likeness (QED) is 0.307. The molecule has 7 heteroatoms. The topological polar surface area (TPSA) is 49.4 Å². The number of carbonyl (C=O) groups excluding carboxylic acids is 2. The molecule has 0 heterocycles. The SMILES string of the molecule is CCNC(=O)[C@H](Cc1ccccc1)N(Cc1cccc(Cl)c1)C(=O)CCSc1ccc(Cl)cc1. The summed E-state index contributed by atoms with van der Waals surface area (Å²) in [5, 5.41) is 4.19. The van der Waals surface area contributed by atoms with E-state index in [0.29, 0.717) is 41.7 Å². The molecule has 3 aromatic carbocycles. The van der Waals surface area contributed by atoms with E-state index in [4.69, 9.17) is 23.2 Å². The average Bonchev–Trinajstić information content (AvgIpc) is 2.83. The number of rotatable bonds is 11. The molecule has 1 N–H and O–H groups in total. The number of hydrogen-bond acceptors (Lipinski definition) is 3. The van der Waals surface area contributed by atoms with E-state index >= 15 is 0 Å². The summed E-state index contributed by atoms with van der Waals surface area (Å²) >= 11 is 13.8. The van der Waals surface area contributed by atoms with Gasteiger partial charge in [0, 0.05) is 46.6 Å². The second-order valence-electron chi connectivity index (χ2n) is 7.80. The van der Waals surface area contributed by atoms with E-state index in [2.05, 4.69) is 5.32 Å². The third-order valence-electron chi connectivity index (χ3n) is 5.26. The van der Waals surface area contributed by atoms with Crippen LogP contribution >= 0.6 is 35.0 Å². The maximum absolute atomic E-state index is 13.5.